The number of alkyl halides is 3. The molecule has 0 bridgehead atoms. The maximum absolute atomic E-state index is 12.5. The van der Waals surface area contributed by atoms with E-state index in [0.29, 0.717) is 5.56 Å². The molecule has 0 spiro atoms. The topological polar surface area (TPSA) is 64.0 Å². The number of nitrogens with one attached hydrogen (secondary N) is 1. The number of sulfonamides is 1. The highest BCUT2D eigenvalue weighted by molar-refractivity contribution is 7.92. The Morgan fingerprint density at radius 3 is 2.36 bits per heavy atom. The molecule has 1 heterocycles. The Hall–Kier alpha value is -2.03. The first-order chi connectivity index (χ1) is 10.2. The lowest BCUT2D eigenvalue weighted by atomic mass is 10.1. The predicted octanol–water partition coefficient (Wildman–Crippen LogP) is 2.71. The van der Waals surface area contributed by atoms with Gasteiger partial charge in [-0.25, -0.2) is 13.1 Å². The summed E-state index contributed by atoms with van der Waals surface area (Å²) in [5, 5.41) is 3.97. The first-order valence-corrected chi connectivity index (χ1v) is 8.05. The summed E-state index contributed by atoms with van der Waals surface area (Å²) in [5.41, 5.74) is -0.155. The zero-order valence-electron chi connectivity index (χ0n) is 11.6. The van der Waals surface area contributed by atoms with E-state index in [1.165, 1.54) is 36.0 Å². The van der Waals surface area contributed by atoms with Crippen molar-refractivity contribution in [2.24, 2.45) is 0 Å². The summed E-state index contributed by atoms with van der Waals surface area (Å²) in [5.74, 6) is 0.181. The fourth-order valence-electron chi connectivity index (χ4n) is 1.75. The van der Waals surface area contributed by atoms with Gasteiger partial charge in [-0.15, -0.1) is 0 Å². The van der Waals surface area contributed by atoms with Gasteiger partial charge in [-0.2, -0.15) is 18.3 Å². The van der Waals surface area contributed by atoms with E-state index in [9.17, 15) is 21.6 Å². The molecule has 0 amide bonds. The average molecular weight is 333 g/mol. The number of nitrogens with zero attached hydrogens (tertiary/aromatic N) is 2. The first kappa shape index (κ1) is 16.3. The summed E-state index contributed by atoms with van der Waals surface area (Å²) in [4.78, 5) is 0. The van der Waals surface area contributed by atoms with Gasteiger partial charge in [0.05, 0.1) is 24.1 Å². The molecule has 1 aromatic heterocycles. The lowest BCUT2D eigenvalue weighted by Gasteiger charge is -2.11. The molecule has 2 aromatic rings. The van der Waals surface area contributed by atoms with Crippen molar-refractivity contribution in [3.05, 3.63) is 47.7 Å². The van der Waals surface area contributed by atoms with Gasteiger partial charge in [0.15, 0.2) is 0 Å². The number of hydrogen-bond donors (Lipinski definition) is 1. The van der Waals surface area contributed by atoms with Crippen LogP contribution in [0.1, 0.15) is 18.1 Å². The molecule has 0 saturated heterocycles. The highest BCUT2D eigenvalue weighted by atomic mass is 32.2. The molecular formula is C13H14F3N3O2S. The molecule has 0 aliphatic rings. The Morgan fingerprint density at radius 2 is 1.82 bits per heavy atom. The monoisotopic (exact) mass is 333 g/mol. The standard InChI is InChI=1S/C13H14F3N3O2S/c1-2-22(20,21)18-12-7-8-17-19(12)9-10-3-5-11(6-4-10)13(14,15)16/h3-8,18H,2,9H2,1H3. The normalized spacial score (nSPS) is 12.4. The van der Waals surface area contributed by atoms with Crippen molar-refractivity contribution in [3.63, 3.8) is 0 Å². The summed E-state index contributed by atoms with van der Waals surface area (Å²) in [6.07, 6.45) is -2.97. The number of hydrogen-bond acceptors (Lipinski definition) is 3. The van der Waals surface area contributed by atoms with Crippen molar-refractivity contribution in [2.75, 3.05) is 10.5 Å². The molecule has 0 saturated carbocycles. The minimum Gasteiger partial charge on any atom is -0.268 e. The molecule has 0 fully saturated rings. The second-order valence-corrected chi connectivity index (χ2v) is 6.59. The van der Waals surface area contributed by atoms with E-state index in [0.717, 1.165) is 12.1 Å². The van der Waals surface area contributed by atoms with Crippen LogP contribution in [0.3, 0.4) is 0 Å². The lowest BCUT2D eigenvalue weighted by Crippen LogP contribution is -2.18. The molecule has 0 aliphatic heterocycles. The second-order valence-electron chi connectivity index (χ2n) is 4.57. The van der Waals surface area contributed by atoms with Crippen LogP contribution in [0.25, 0.3) is 0 Å². The van der Waals surface area contributed by atoms with Gasteiger partial charge in [-0.3, -0.25) is 4.72 Å². The summed E-state index contributed by atoms with van der Waals surface area (Å²) >= 11 is 0. The van der Waals surface area contributed by atoms with Crippen molar-refractivity contribution in [1.29, 1.82) is 0 Å². The summed E-state index contributed by atoms with van der Waals surface area (Å²) in [7, 11) is -3.44. The zero-order chi connectivity index (χ0) is 16.4. The van der Waals surface area contributed by atoms with Crippen LogP contribution in [0.4, 0.5) is 19.0 Å². The molecule has 0 aliphatic carbocycles. The van der Waals surface area contributed by atoms with E-state index in [-0.39, 0.29) is 18.1 Å². The third-order valence-electron chi connectivity index (χ3n) is 2.97. The van der Waals surface area contributed by atoms with Gasteiger partial charge in [0.1, 0.15) is 5.82 Å². The summed E-state index contributed by atoms with van der Waals surface area (Å²) in [6.45, 7) is 1.66. The van der Waals surface area contributed by atoms with Gasteiger partial charge in [-0.05, 0) is 24.6 Å². The molecule has 9 heteroatoms. The Kier molecular flexibility index (Phi) is 4.45. The van der Waals surface area contributed by atoms with Gasteiger partial charge in [0.25, 0.3) is 0 Å². The minimum absolute atomic E-state index is 0.0849. The van der Waals surface area contributed by atoms with Crippen LogP contribution in [0, 0.1) is 0 Å². The van der Waals surface area contributed by atoms with Crippen molar-refractivity contribution < 1.29 is 21.6 Å². The molecular weight excluding hydrogens is 319 g/mol. The maximum atomic E-state index is 12.5. The molecule has 2 rings (SSSR count). The SMILES string of the molecule is CCS(=O)(=O)Nc1ccnn1Cc1ccc(C(F)(F)F)cc1. The molecule has 1 N–H and O–H groups in total. The Labute approximate surface area is 125 Å². The zero-order valence-corrected chi connectivity index (χ0v) is 12.4. The Bertz CT molecular complexity index is 737. The van der Waals surface area contributed by atoms with Crippen LogP contribution in [-0.4, -0.2) is 24.0 Å². The number of benzene rings is 1. The van der Waals surface area contributed by atoms with Gasteiger partial charge in [-0.1, -0.05) is 12.1 Å². The second kappa shape index (κ2) is 5.99. The number of rotatable bonds is 5. The highest BCUT2D eigenvalue weighted by Crippen LogP contribution is 2.29. The smallest absolute Gasteiger partial charge is 0.268 e. The quantitative estimate of drug-likeness (QED) is 0.915. The fourth-order valence-corrected chi connectivity index (χ4v) is 2.39. The van der Waals surface area contributed by atoms with Gasteiger partial charge in [0.2, 0.25) is 10.0 Å². The van der Waals surface area contributed by atoms with E-state index >= 15 is 0 Å². The molecule has 0 unspecified atom stereocenters. The molecule has 1 aromatic carbocycles. The van der Waals surface area contributed by atoms with Crippen LogP contribution in [0.15, 0.2) is 36.5 Å². The molecule has 5 nitrogen and oxygen atoms in total. The maximum Gasteiger partial charge on any atom is 0.416 e. The third-order valence-corrected chi connectivity index (χ3v) is 4.25. The van der Waals surface area contributed by atoms with Crippen molar-refractivity contribution in [3.8, 4) is 0 Å². The number of anilines is 1. The summed E-state index contributed by atoms with van der Waals surface area (Å²) < 4.78 is 64.3. The van der Waals surface area contributed by atoms with Crippen molar-refractivity contribution in [1.82, 2.24) is 9.78 Å². The Morgan fingerprint density at radius 1 is 1.18 bits per heavy atom. The van der Waals surface area contributed by atoms with Crippen molar-refractivity contribution in [2.45, 2.75) is 19.6 Å². The molecule has 0 atom stereocenters. The fraction of sp³-hybridized carbons (Fsp3) is 0.308. The largest absolute Gasteiger partial charge is 0.416 e. The first-order valence-electron chi connectivity index (χ1n) is 6.40. The molecule has 0 radical (unpaired) electrons. The van der Waals surface area contributed by atoms with Crippen LogP contribution in [-0.2, 0) is 22.7 Å². The van der Waals surface area contributed by atoms with Gasteiger partial charge < -0.3 is 0 Å². The number of halogens is 3. The van der Waals surface area contributed by atoms with Crippen LogP contribution < -0.4 is 4.72 Å². The van der Waals surface area contributed by atoms with E-state index in [4.69, 9.17) is 0 Å². The molecule has 22 heavy (non-hydrogen) atoms. The van der Waals surface area contributed by atoms with Crippen molar-refractivity contribution >= 4 is 15.8 Å². The van der Waals surface area contributed by atoms with Crippen LogP contribution in [0.5, 0.6) is 0 Å². The molecule has 120 valence electrons. The van der Waals surface area contributed by atoms with Crippen LogP contribution in [0.2, 0.25) is 0 Å². The Balaban J connectivity index is 2.17. The van der Waals surface area contributed by atoms with E-state index in [2.05, 4.69) is 9.82 Å². The lowest BCUT2D eigenvalue weighted by molar-refractivity contribution is -0.137. The van der Waals surface area contributed by atoms with E-state index in [1.54, 1.807) is 0 Å². The van der Waals surface area contributed by atoms with E-state index < -0.39 is 21.8 Å². The highest BCUT2D eigenvalue weighted by Gasteiger charge is 2.29. The van der Waals surface area contributed by atoms with Gasteiger partial charge >= 0.3 is 6.18 Å². The van der Waals surface area contributed by atoms with E-state index in [1.807, 2.05) is 0 Å². The average Bonchev–Trinajstić information content (AvgIpc) is 2.85. The van der Waals surface area contributed by atoms with Crippen LogP contribution >= 0.6 is 0 Å². The minimum atomic E-state index is -4.38. The van der Waals surface area contributed by atoms with Gasteiger partial charge in [0, 0.05) is 6.07 Å². The third kappa shape index (κ3) is 4.00. The predicted molar refractivity (Wildman–Crippen MR) is 75.9 cm³/mol. The number of aromatic nitrogens is 2. The summed E-state index contributed by atoms with van der Waals surface area (Å²) in [6, 6.07) is 6.12.